The molecule has 1 aromatic rings. The number of nitriles is 1. The molecule has 0 bridgehead atoms. The molecule has 0 spiro atoms. The Morgan fingerprint density at radius 1 is 1.62 bits per heavy atom. The van der Waals surface area contributed by atoms with E-state index in [0.717, 1.165) is 0 Å². The first-order chi connectivity index (χ1) is 7.58. The number of carbonyl (C=O) groups excluding carboxylic acids is 1. The van der Waals surface area contributed by atoms with E-state index in [1.807, 2.05) is 0 Å². The molecule has 0 saturated heterocycles. The highest BCUT2D eigenvalue weighted by atomic mass is 19.1. The van der Waals surface area contributed by atoms with Gasteiger partial charge in [0.05, 0.1) is 18.9 Å². The van der Waals surface area contributed by atoms with E-state index in [4.69, 9.17) is 10.00 Å². The summed E-state index contributed by atoms with van der Waals surface area (Å²) in [6.07, 6.45) is 0. The van der Waals surface area contributed by atoms with Gasteiger partial charge in [0.25, 0.3) is 0 Å². The number of anilines is 1. The van der Waals surface area contributed by atoms with Gasteiger partial charge in [0.15, 0.2) is 0 Å². The van der Waals surface area contributed by atoms with E-state index in [0.29, 0.717) is 5.75 Å². The Morgan fingerprint density at radius 2 is 2.31 bits per heavy atom. The molecule has 0 aromatic heterocycles. The van der Waals surface area contributed by atoms with Gasteiger partial charge in [0.1, 0.15) is 17.5 Å². The maximum absolute atomic E-state index is 13.3. The smallest absolute Gasteiger partial charge is 0.241 e. The van der Waals surface area contributed by atoms with Crippen LogP contribution in [-0.4, -0.2) is 13.0 Å². The number of benzene rings is 1. The number of hydrogen-bond acceptors (Lipinski definition) is 3. The summed E-state index contributed by atoms with van der Waals surface area (Å²) in [6, 6.07) is 5.75. The summed E-state index contributed by atoms with van der Waals surface area (Å²) in [5, 5.41) is 10.8. The molecule has 1 atom stereocenters. The number of nitrogens with zero attached hydrogens (tertiary/aromatic N) is 1. The Bertz CT molecular complexity index is 440. The zero-order valence-corrected chi connectivity index (χ0v) is 8.95. The number of rotatable bonds is 3. The van der Waals surface area contributed by atoms with Crippen molar-refractivity contribution in [2.75, 3.05) is 12.4 Å². The van der Waals surface area contributed by atoms with Crippen LogP contribution in [0.1, 0.15) is 6.92 Å². The molecule has 0 aliphatic rings. The van der Waals surface area contributed by atoms with E-state index in [9.17, 15) is 9.18 Å². The van der Waals surface area contributed by atoms with Gasteiger partial charge in [-0.1, -0.05) is 0 Å². The Hall–Kier alpha value is -2.09. The van der Waals surface area contributed by atoms with Gasteiger partial charge >= 0.3 is 0 Å². The number of methoxy groups -OCH3 is 1. The monoisotopic (exact) mass is 222 g/mol. The molecule has 16 heavy (non-hydrogen) atoms. The van der Waals surface area contributed by atoms with Gasteiger partial charge in [0.2, 0.25) is 5.91 Å². The third-order valence-electron chi connectivity index (χ3n) is 2.02. The standard InChI is InChI=1S/C11H11FN2O2/c1-7(6-13)11(15)14-10-5-8(16-2)3-4-9(10)12/h3-5,7H,1-2H3,(H,14,15). The lowest BCUT2D eigenvalue weighted by Gasteiger charge is -2.08. The molecule has 1 unspecified atom stereocenters. The van der Waals surface area contributed by atoms with Crippen molar-refractivity contribution >= 4 is 11.6 Å². The first-order valence-corrected chi connectivity index (χ1v) is 4.62. The fourth-order valence-electron chi connectivity index (χ4n) is 1.03. The molecule has 84 valence electrons. The van der Waals surface area contributed by atoms with Crippen LogP contribution < -0.4 is 10.1 Å². The topological polar surface area (TPSA) is 62.1 Å². The van der Waals surface area contributed by atoms with Gasteiger partial charge in [-0.15, -0.1) is 0 Å². The average molecular weight is 222 g/mol. The van der Waals surface area contributed by atoms with E-state index in [-0.39, 0.29) is 5.69 Å². The van der Waals surface area contributed by atoms with Crippen LogP contribution in [0.5, 0.6) is 5.75 Å². The molecular weight excluding hydrogens is 211 g/mol. The number of carbonyl (C=O) groups is 1. The van der Waals surface area contributed by atoms with E-state index in [1.165, 1.54) is 32.2 Å². The molecule has 0 aliphatic heterocycles. The van der Waals surface area contributed by atoms with Gasteiger partial charge < -0.3 is 10.1 Å². The Kier molecular flexibility index (Phi) is 3.84. The molecule has 1 rings (SSSR count). The van der Waals surface area contributed by atoms with Gasteiger partial charge in [0, 0.05) is 6.07 Å². The van der Waals surface area contributed by atoms with Crippen molar-refractivity contribution in [2.45, 2.75) is 6.92 Å². The van der Waals surface area contributed by atoms with E-state index in [1.54, 1.807) is 6.07 Å². The van der Waals surface area contributed by atoms with E-state index >= 15 is 0 Å². The van der Waals surface area contributed by atoms with Gasteiger partial charge in [-0.05, 0) is 19.1 Å². The van der Waals surface area contributed by atoms with Crippen LogP contribution in [0.25, 0.3) is 0 Å². The summed E-state index contributed by atoms with van der Waals surface area (Å²) in [6.45, 7) is 1.44. The molecule has 1 amide bonds. The van der Waals surface area contributed by atoms with Crippen LogP contribution in [0, 0.1) is 23.1 Å². The summed E-state index contributed by atoms with van der Waals surface area (Å²) in [4.78, 5) is 11.4. The maximum atomic E-state index is 13.3. The van der Waals surface area contributed by atoms with Crippen LogP contribution in [0.3, 0.4) is 0 Å². The van der Waals surface area contributed by atoms with E-state index in [2.05, 4.69) is 5.32 Å². The summed E-state index contributed by atoms with van der Waals surface area (Å²) in [5.74, 6) is -1.51. The van der Waals surface area contributed by atoms with Crippen LogP contribution in [0.15, 0.2) is 18.2 Å². The largest absolute Gasteiger partial charge is 0.497 e. The second-order valence-corrected chi connectivity index (χ2v) is 3.19. The first kappa shape index (κ1) is 12.0. The minimum absolute atomic E-state index is 0.00597. The lowest BCUT2D eigenvalue weighted by Crippen LogP contribution is -2.19. The molecular formula is C11H11FN2O2. The first-order valence-electron chi connectivity index (χ1n) is 4.62. The average Bonchev–Trinajstić information content (AvgIpc) is 2.30. The number of nitrogens with one attached hydrogen (secondary N) is 1. The van der Waals surface area contributed by atoms with Gasteiger partial charge in [-0.2, -0.15) is 5.26 Å². The number of halogens is 1. The van der Waals surface area contributed by atoms with Crippen molar-refractivity contribution in [2.24, 2.45) is 5.92 Å². The fraction of sp³-hybridized carbons (Fsp3) is 0.273. The van der Waals surface area contributed by atoms with Crippen molar-refractivity contribution in [3.05, 3.63) is 24.0 Å². The quantitative estimate of drug-likeness (QED) is 0.849. The zero-order valence-electron chi connectivity index (χ0n) is 8.95. The van der Waals surface area contributed by atoms with Crippen molar-refractivity contribution < 1.29 is 13.9 Å². The van der Waals surface area contributed by atoms with Gasteiger partial charge in [-0.3, -0.25) is 4.79 Å². The van der Waals surface area contributed by atoms with Crippen LogP contribution in [0.2, 0.25) is 0 Å². The molecule has 0 saturated carbocycles. The van der Waals surface area contributed by atoms with Crippen LogP contribution in [0.4, 0.5) is 10.1 Å². The van der Waals surface area contributed by atoms with Gasteiger partial charge in [-0.25, -0.2) is 4.39 Å². The summed E-state index contributed by atoms with van der Waals surface area (Å²) in [7, 11) is 1.44. The van der Waals surface area contributed by atoms with Crippen molar-refractivity contribution in [3.8, 4) is 11.8 Å². The van der Waals surface area contributed by atoms with E-state index < -0.39 is 17.6 Å². The third-order valence-corrected chi connectivity index (χ3v) is 2.02. The fourth-order valence-corrected chi connectivity index (χ4v) is 1.03. The molecule has 1 N–H and O–H groups in total. The zero-order chi connectivity index (χ0) is 12.1. The normalized spacial score (nSPS) is 11.4. The molecule has 0 fully saturated rings. The minimum atomic E-state index is -0.828. The number of amides is 1. The summed E-state index contributed by atoms with van der Waals surface area (Å²) in [5.41, 5.74) is 0.00597. The molecule has 1 aromatic carbocycles. The highest BCUT2D eigenvalue weighted by Crippen LogP contribution is 2.21. The second kappa shape index (κ2) is 5.12. The van der Waals surface area contributed by atoms with Crippen LogP contribution >= 0.6 is 0 Å². The predicted octanol–water partition coefficient (Wildman–Crippen LogP) is 1.93. The third kappa shape index (κ3) is 2.70. The second-order valence-electron chi connectivity index (χ2n) is 3.19. The maximum Gasteiger partial charge on any atom is 0.241 e. The summed E-state index contributed by atoms with van der Waals surface area (Å²) >= 11 is 0. The van der Waals surface area contributed by atoms with Crippen LogP contribution in [-0.2, 0) is 4.79 Å². The molecule has 0 radical (unpaired) electrons. The Morgan fingerprint density at radius 3 is 2.88 bits per heavy atom. The number of hydrogen-bond donors (Lipinski definition) is 1. The lowest BCUT2D eigenvalue weighted by molar-refractivity contribution is -0.117. The Labute approximate surface area is 92.6 Å². The highest BCUT2D eigenvalue weighted by molar-refractivity contribution is 5.94. The predicted molar refractivity (Wildman–Crippen MR) is 56.4 cm³/mol. The van der Waals surface area contributed by atoms with Crippen molar-refractivity contribution in [1.29, 1.82) is 5.26 Å². The number of ether oxygens (including phenoxy) is 1. The molecule has 0 aliphatic carbocycles. The highest BCUT2D eigenvalue weighted by Gasteiger charge is 2.14. The lowest BCUT2D eigenvalue weighted by atomic mass is 10.2. The molecule has 5 heteroatoms. The van der Waals surface area contributed by atoms with Crippen molar-refractivity contribution in [1.82, 2.24) is 0 Å². The SMILES string of the molecule is COc1ccc(F)c(NC(=O)C(C)C#N)c1. The van der Waals surface area contributed by atoms with Crippen molar-refractivity contribution in [3.63, 3.8) is 0 Å². The molecule has 4 nitrogen and oxygen atoms in total. The minimum Gasteiger partial charge on any atom is -0.497 e. The summed E-state index contributed by atoms with van der Waals surface area (Å²) < 4.78 is 18.2. The molecule has 0 heterocycles. The Balaban J connectivity index is 2.89.